The van der Waals surface area contributed by atoms with Crippen LogP contribution >= 0.6 is 0 Å². The lowest BCUT2D eigenvalue weighted by atomic mass is 9.96. The number of rotatable bonds is 1. The van der Waals surface area contributed by atoms with Gasteiger partial charge in [0.15, 0.2) is 0 Å². The van der Waals surface area contributed by atoms with E-state index in [4.69, 9.17) is 0 Å². The van der Waals surface area contributed by atoms with Crippen molar-refractivity contribution in [3.8, 4) is 0 Å². The molecule has 16 heavy (non-hydrogen) atoms. The molecule has 0 N–H and O–H groups in total. The number of hydrogen-bond acceptors (Lipinski definition) is 3. The fraction of sp³-hybridized carbons (Fsp3) is 0.923. The summed E-state index contributed by atoms with van der Waals surface area (Å²) in [7, 11) is 0. The quantitative estimate of drug-likeness (QED) is 0.667. The number of hydrogen-bond donors (Lipinski definition) is 0. The van der Waals surface area contributed by atoms with Crippen LogP contribution in [-0.4, -0.2) is 53.8 Å². The zero-order chi connectivity index (χ0) is 11.0. The van der Waals surface area contributed by atoms with Gasteiger partial charge in [-0.05, 0) is 25.8 Å². The molecule has 0 saturated carbocycles. The van der Waals surface area contributed by atoms with Gasteiger partial charge in [-0.25, -0.2) is 0 Å². The van der Waals surface area contributed by atoms with Gasteiger partial charge in [0.2, 0.25) is 0 Å². The molecule has 90 valence electrons. The van der Waals surface area contributed by atoms with E-state index in [1.54, 1.807) is 0 Å². The molecule has 0 aliphatic carbocycles. The zero-order valence-corrected chi connectivity index (χ0v) is 10.0. The van der Waals surface area contributed by atoms with Gasteiger partial charge >= 0.3 is 0 Å². The van der Waals surface area contributed by atoms with Crippen molar-refractivity contribution in [2.24, 2.45) is 0 Å². The summed E-state index contributed by atoms with van der Waals surface area (Å²) < 4.78 is 0. The molecule has 3 fully saturated rings. The smallest absolute Gasteiger partial charge is 0.135 e. The predicted molar refractivity (Wildman–Crippen MR) is 63.4 cm³/mol. The monoisotopic (exact) mass is 222 g/mol. The van der Waals surface area contributed by atoms with Crippen LogP contribution in [0, 0.1) is 0 Å². The van der Waals surface area contributed by atoms with E-state index in [9.17, 15) is 4.79 Å². The first-order valence-electron chi connectivity index (χ1n) is 6.84. The minimum absolute atomic E-state index is 0.467. The van der Waals surface area contributed by atoms with Crippen LogP contribution in [0.2, 0.25) is 0 Å². The molecule has 3 heterocycles. The second kappa shape index (κ2) is 4.46. The first kappa shape index (κ1) is 10.7. The fourth-order valence-corrected chi connectivity index (χ4v) is 3.75. The van der Waals surface area contributed by atoms with Gasteiger partial charge in [0, 0.05) is 44.6 Å². The Kier molecular flexibility index (Phi) is 2.99. The van der Waals surface area contributed by atoms with Crippen LogP contribution in [0.5, 0.6) is 0 Å². The third kappa shape index (κ3) is 1.91. The molecular weight excluding hydrogens is 200 g/mol. The Hall–Kier alpha value is -0.410. The topological polar surface area (TPSA) is 23.6 Å². The van der Waals surface area contributed by atoms with Crippen LogP contribution < -0.4 is 0 Å². The van der Waals surface area contributed by atoms with Gasteiger partial charge in [0.1, 0.15) is 5.78 Å². The van der Waals surface area contributed by atoms with Gasteiger partial charge in [-0.1, -0.05) is 6.42 Å². The molecule has 3 rings (SSSR count). The van der Waals surface area contributed by atoms with Crippen molar-refractivity contribution in [1.82, 2.24) is 9.80 Å². The van der Waals surface area contributed by atoms with Crippen molar-refractivity contribution in [2.75, 3.05) is 26.2 Å². The Morgan fingerprint density at radius 3 is 2.31 bits per heavy atom. The Morgan fingerprint density at radius 2 is 1.50 bits per heavy atom. The van der Waals surface area contributed by atoms with Crippen molar-refractivity contribution in [2.45, 2.75) is 50.6 Å². The Bertz CT molecular complexity index is 269. The molecule has 3 aliphatic rings. The Morgan fingerprint density at radius 1 is 0.812 bits per heavy atom. The van der Waals surface area contributed by atoms with Crippen LogP contribution in [0.4, 0.5) is 0 Å². The second-order valence-electron chi connectivity index (χ2n) is 5.53. The lowest BCUT2D eigenvalue weighted by Gasteiger charge is -2.39. The van der Waals surface area contributed by atoms with E-state index < -0.39 is 0 Å². The van der Waals surface area contributed by atoms with Crippen molar-refractivity contribution < 1.29 is 4.79 Å². The normalized spacial score (nSPS) is 37.6. The van der Waals surface area contributed by atoms with Gasteiger partial charge in [0.25, 0.3) is 0 Å². The lowest BCUT2D eigenvalue weighted by molar-refractivity contribution is -0.122. The SMILES string of the molecule is O=C1CCN(C2CCN3CCCCC23)CC1. The standard InChI is InChI=1S/C13H22N2O/c16-11-4-8-15(9-5-11)13-6-10-14-7-2-1-3-12(13)14/h12-13H,1-10H2. The van der Waals surface area contributed by atoms with Crippen LogP contribution in [0.15, 0.2) is 0 Å². The summed E-state index contributed by atoms with van der Waals surface area (Å²) in [5.74, 6) is 0.467. The van der Waals surface area contributed by atoms with Gasteiger partial charge in [-0.3, -0.25) is 14.6 Å². The van der Waals surface area contributed by atoms with Gasteiger partial charge < -0.3 is 0 Å². The predicted octanol–water partition coefficient (Wildman–Crippen LogP) is 1.28. The second-order valence-corrected chi connectivity index (χ2v) is 5.53. The van der Waals surface area contributed by atoms with E-state index in [1.165, 1.54) is 38.8 Å². The number of fused-ring (bicyclic) bond motifs is 1. The molecule has 0 spiro atoms. The summed E-state index contributed by atoms with van der Waals surface area (Å²) in [4.78, 5) is 16.5. The molecule has 0 aromatic rings. The summed E-state index contributed by atoms with van der Waals surface area (Å²) >= 11 is 0. The fourth-order valence-electron chi connectivity index (χ4n) is 3.75. The number of carbonyl (C=O) groups excluding carboxylic acids is 1. The first-order valence-corrected chi connectivity index (χ1v) is 6.84. The van der Waals surface area contributed by atoms with Gasteiger partial charge in [-0.15, -0.1) is 0 Å². The maximum atomic E-state index is 11.3. The van der Waals surface area contributed by atoms with E-state index in [1.807, 2.05) is 0 Å². The van der Waals surface area contributed by atoms with E-state index >= 15 is 0 Å². The highest BCUT2D eigenvalue weighted by molar-refractivity contribution is 5.79. The number of likely N-dealkylation sites (tertiary alicyclic amines) is 1. The van der Waals surface area contributed by atoms with Gasteiger partial charge in [-0.2, -0.15) is 0 Å². The Labute approximate surface area is 97.8 Å². The number of ketones is 1. The summed E-state index contributed by atoms with van der Waals surface area (Å²) in [5.41, 5.74) is 0. The maximum absolute atomic E-state index is 11.3. The molecule has 0 aromatic heterocycles. The van der Waals surface area contributed by atoms with Crippen molar-refractivity contribution >= 4 is 5.78 Å². The molecule has 3 aliphatic heterocycles. The first-order chi connectivity index (χ1) is 7.84. The highest BCUT2D eigenvalue weighted by Crippen LogP contribution is 2.31. The van der Waals surface area contributed by atoms with Crippen molar-refractivity contribution in [3.05, 3.63) is 0 Å². The summed E-state index contributed by atoms with van der Waals surface area (Å²) in [5, 5.41) is 0. The minimum Gasteiger partial charge on any atom is -0.300 e. The van der Waals surface area contributed by atoms with Crippen LogP contribution in [-0.2, 0) is 4.79 Å². The highest BCUT2D eigenvalue weighted by Gasteiger charge is 2.39. The van der Waals surface area contributed by atoms with Crippen LogP contribution in [0.1, 0.15) is 38.5 Å². The summed E-state index contributed by atoms with van der Waals surface area (Å²) in [6.07, 6.45) is 7.10. The van der Waals surface area contributed by atoms with E-state index in [2.05, 4.69) is 9.80 Å². The molecule has 0 radical (unpaired) electrons. The molecular formula is C13H22N2O. The number of nitrogens with zero attached hydrogens (tertiary/aromatic N) is 2. The van der Waals surface area contributed by atoms with Gasteiger partial charge in [0.05, 0.1) is 0 Å². The maximum Gasteiger partial charge on any atom is 0.135 e. The Balaban J connectivity index is 1.64. The highest BCUT2D eigenvalue weighted by atomic mass is 16.1. The van der Waals surface area contributed by atoms with Crippen LogP contribution in [0.3, 0.4) is 0 Å². The third-order valence-electron chi connectivity index (χ3n) is 4.65. The minimum atomic E-state index is 0.467. The van der Waals surface area contributed by atoms with E-state index in [0.29, 0.717) is 5.78 Å². The molecule has 3 saturated heterocycles. The number of piperidine rings is 2. The van der Waals surface area contributed by atoms with E-state index in [-0.39, 0.29) is 0 Å². The third-order valence-corrected chi connectivity index (χ3v) is 4.65. The molecule has 0 amide bonds. The van der Waals surface area contributed by atoms with E-state index in [0.717, 1.165) is 38.0 Å². The molecule has 3 nitrogen and oxygen atoms in total. The number of carbonyl (C=O) groups is 1. The van der Waals surface area contributed by atoms with Crippen molar-refractivity contribution in [1.29, 1.82) is 0 Å². The number of Topliss-reactive ketones (excluding diaryl/α,β-unsaturated/α-hetero) is 1. The molecule has 0 aromatic carbocycles. The molecule has 3 heteroatoms. The largest absolute Gasteiger partial charge is 0.300 e. The lowest BCUT2D eigenvalue weighted by Crippen LogP contribution is -2.49. The molecule has 2 atom stereocenters. The van der Waals surface area contributed by atoms with Crippen molar-refractivity contribution in [3.63, 3.8) is 0 Å². The summed E-state index contributed by atoms with van der Waals surface area (Å²) in [6.45, 7) is 4.65. The molecule has 0 bridgehead atoms. The zero-order valence-electron chi connectivity index (χ0n) is 10.0. The molecule has 2 unspecified atom stereocenters. The average molecular weight is 222 g/mol. The average Bonchev–Trinajstić information content (AvgIpc) is 2.74. The van der Waals surface area contributed by atoms with Crippen LogP contribution in [0.25, 0.3) is 0 Å². The summed E-state index contributed by atoms with van der Waals surface area (Å²) in [6, 6.07) is 1.57.